The van der Waals surface area contributed by atoms with Gasteiger partial charge in [-0.2, -0.15) is 0 Å². The van der Waals surface area contributed by atoms with Gasteiger partial charge < -0.3 is 24.5 Å². The summed E-state index contributed by atoms with van der Waals surface area (Å²) < 4.78 is 22.3. The minimum absolute atomic E-state index is 0.333. The van der Waals surface area contributed by atoms with E-state index in [1.54, 1.807) is 0 Å². The van der Waals surface area contributed by atoms with Gasteiger partial charge in [0.1, 0.15) is 0 Å². The zero-order chi connectivity index (χ0) is 12.4. The van der Waals surface area contributed by atoms with E-state index in [2.05, 4.69) is 0 Å². The van der Waals surface area contributed by atoms with Crippen molar-refractivity contribution in [2.75, 3.05) is 13.1 Å². The molecular formula is C7H18NO6P2+. The number of hydrogen-bond acceptors (Lipinski definition) is 2. The summed E-state index contributed by atoms with van der Waals surface area (Å²) in [5, 5.41) is 0. The lowest BCUT2D eigenvalue weighted by atomic mass is 10.2. The Hall–Kier alpha value is 0.260. The minimum atomic E-state index is -4.79. The monoisotopic (exact) mass is 274 g/mol. The highest BCUT2D eigenvalue weighted by atomic mass is 31.2. The maximum Gasteiger partial charge on any atom is 0.395 e. The molecule has 0 aromatic rings. The molecule has 1 heterocycles. The predicted octanol–water partition coefficient (Wildman–Crippen LogP) is -0.916. The fourth-order valence-corrected chi connectivity index (χ4v) is 5.15. The molecule has 0 unspecified atom stereocenters. The molecule has 1 aliphatic heterocycles. The summed E-state index contributed by atoms with van der Waals surface area (Å²) in [6.45, 7) is 0.807. The largest absolute Gasteiger partial charge is 0.395 e. The topological polar surface area (TPSA) is 120 Å². The van der Waals surface area contributed by atoms with E-state index in [1.807, 2.05) is 0 Å². The number of rotatable bonds is 3. The number of quaternary nitrogens is 1. The highest BCUT2D eigenvalue weighted by molar-refractivity contribution is 7.70. The standard InChI is InChI=1S/C7H17NO6P2/c9-15(10,11)7(16(12,13)14)8-5-3-1-2-4-6-8/h7H,1-6H2,(H2,9,10,11)(H2,12,13,14)/p+1. The van der Waals surface area contributed by atoms with Crippen LogP contribution in [0.3, 0.4) is 0 Å². The van der Waals surface area contributed by atoms with Crippen LogP contribution >= 0.6 is 15.2 Å². The molecule has 1 rings (SSSR count). The van der Waals surface area contributed by atoms with E-state index in [-0.39, 0.29) is 0 Å². The first-order chi connectivity index (χ1) is 7.23. The highest BCUT2D eigenvalue weighted by Crippen LogP contribution is 2.56. The van der Waals surface area contributed by atoms with Crippen molar-refractivity contribution < 1.29 is 33.6 Å². The van der Waals surface area contributed by atoms with Crippen LogP contribution < -0.4 is 4.90 Å². The van der Waals surface area contributed by atoms with Gasteiger partial charge in [-0.15, -0.1) is 0 Å². The van der Waals surface area contributed by atoms with Gasteiger partial charge in [0.25, 0.3) is 5.52 Å². The Labute approximate surface area is 93.8 Å². The van der Waals surface area contributed by atoms with Crippen molar-refractivity contribution in [3.63, 3.8) is 0 Å². The first-order valence-electron chi connectivity index (χ1n) is 5.18. The second kappa shape index (κ2) is 5.27. The Morgan fingerprint density at radius 3 is 1.50 bits per heavy atom. The van der Waals surface area contributed by atoms with E-state index >= 15 is 0 Å². The van der Waals surface area contributed by atoms with E-state index in [1.165, 1.54) is 0 Å². The molecule has 0 bridgehead atoms. The molecule has 0 radical (unpaired) electrons. The van der Waals surface area contributed by atoms with Crippen LogP contribution in [0.2, 0.25) is 0 Å². The lowest BCUT2D eigenvalue weighted by molar-refractivity contribution is -0.900. The summed E-state index contributed by atoms with van der Waals surface area (Å²) in [4.78, 5) is 36.6. The molecule has 0 aromatic carbocycles. The van der Waals surface area contributed by atoms with Crippen LogP contribution in [0.5, 0.6) is 0 Å². The van der Waals surface area contributed by atoms with Gasteiger partial charge >= 0.3 is 15.2 Å². The third kappa shape index (κ3) is 3.93. The summed E-state index contributed by atoms with van der Waals surface area (Å²) in [5.74, 6) is 0. The molecule has 1 saturated heterocycles. The molecule has 0 spiro atoms. The third-order valence-electron chi connectivity index (χ3n) is 2.75. The maximum atomic E-state index is 11.2. The molecule has 0 aromatic heterocycles. The zero-order valence-electron chi connectivity index (χ0n) is 8.82. The molecule has 0 atom stereocenters. The minimum Gasteiger partial charge on any atom is -0.320 e. The first-order valence-corrected chi connectivity index (χ1v) is 8.54. The number of nitrogens with one attached hydrogen (secondary N) is 1. The van der Waals surface area contributed by atoms with Crippen molar-refractivity contribution in [3.8, 4) is 0 Å². The zero-order valence-corrected chi connectivity index (χ0v) is 10.6. The van der Waals surface area contributed by atoms with Gasteiger partial charge in [-0.1, -0.05) is 0 Å². The Bertz CT molecular complexity index is 293. The second-order valence-electron chi connectivity index (χ2n) is 4.12. The Morgan fingerprint density at radius 1 is 0.812 bits per heavy atom. The van der Waals surface area contributed by atoms with Crippen molar-refractivity contribution in [1.29, 1.82) is 0 Å². The summed E-state index contributed by atoms with van der Waals surface area (Å²) in [6, 6.07) is 0. The smallest absolute Gasteiger partial charge is 0.320 e. The van der Waals surface area contributed by atoms with Crippen molar-refractivity contribution in [2.24, 2.45) is 0 Å². The molecule has 7 nitrogen and oxygen atoms in total. The SMILES string of the molecule is O=P(O)(O)C([NH+]1CCCCCC1)P(=O)(O)O. The average Bonchev–Trinajstić information content (AvgIpc) is 2.27. The summed E-state index contributed by atoms with van der Waals surface area (Å²) >= 11 is 0. The van der Waals surface area contributed by atoms with Gasteiger partial charge in [0.15, 0.2) is 0 Å². The Kier molecular flexibility index (Phi) is 4.72. The van der Waals surface area contributed by atoms with Gasteiger partial charge in [0.05, 0.1) is 13.1 Å². The molecule has 1 fully saturated rings. The van der Waals surface area contributed by atoms with Crippen molar-refractivity contribution in [3.05, 3.63) is 0 Å². The van der Waals surface area contributed by atoms with Crippen LogP contribution in [0, 0.1) is 0 Å². The van der Waals surface area contributed by atoms with E-state index in [4.69, 9.17) is 19.6 Å². The lowest BCUT2D eigenvalue weighted by Gasteiger charge is -2.27. The molecule has 96 valence electrons. The van der Waals surface area contributed by atoms with Crippen LogP contribution in [0.4, 0.5) is 0 Å². The maximum absolute atomic E-state index is 11.2. The Morgan fingerprint density at radius 2 is 1.19 bits per heavy atom. The summed E-state index contributed by atoms with van der Waals surface area (Å²) in [7, 11) is -9.57. The average molecular weight is 274 g/mol. The molecule has 0 amide bonds. The van der Waals surface area contributed by atoms with Gasteiger partial charge in [-0.3, -0.25) is 9.13 Å². The van der Waals surface area contributed by atoms with Gasteiger partial charge in [-0.05, 0) is 25.7 Å². The lowest BCUT2D eigenvalue weighted by Crippen LogP contribution is -3.15. The molecule has 0 saturated carbocycles. The first kappa shape index (κ1) is 14.3. The summed E-state index contributed by atoms with van der Waals surface area (Å²) in [5.41, 5.74) is -1.89. The van der Waals surface area contributed by atoms with Crippen LogP contribution in [-0.4, -0.2) is 38.2 Å². The van der Waals surface area contributed by atoms with E-state index < -0.39 is 20.7 Å². The fourth-order valence-electron chi connectivity index (χ4n) is 2.11. The van der Waals surface area contributed by atoms with Gasteiger partial charge in [-0.25, -0.2) is 0 Å². The van der Waals surface area contributed by atoms with Crippen molar-refractivity contribution >= 4 is 15.2 Å². The van der Waals surface area contributed by atoms with Crippen LogP contribution in [0.15, 0.2) is 0 Å². The predicted molar refractivity (Wildman–Crippen MR) is 57.0 cm³/mol. The van der Waals surface area contributed by atoms with Crippen LogP contribution in [-0.2, 0) is 9.13 Å². The molecular weight excluding hydrogens is 256 g/mol. The van der Waals surface area contributed by atoms with Crippen molar-refractivity contribution in [2.45, 2.75) is 31.2 Å². The molecule has 5 N–H and O–H groups in total. The number of hydrogen-bond donors (Lipinski definition) is 5. The fraction of sp³-hybridized carbons (Fsp3) is 1.00. The second-order valence-corrected chi connectivity index (χ2v) is 7.92. The third-order valence-corrected chi connectivity index (χ3v) is 6.56. The van der Waals surface area contributed by atoms with Crippen LogP contribution in [0.1, 0.15) is 25.7 Å². The van der Waals surface area contributed by atoms with Gasteiger partial charge in [0.2, 0.25) is 0 Å². The van der Waals surface area contributed by atoms with Crippen molar-refractivity contribution in [1.82, 2.24) is 0 Å². The van der Waals surface area contributed by atoms with Gasteiger partial charge in [0, 0.05) is 0 Å². The molecule has 0 aliphatic carbocycles. The van der Waals surface area contributed by atoms with E-state index in [0.717, 1.165) is 25.7 Å². The van der Waals surface area contributed by atoms with E-state index in [0.29, 0.717) is 18.0 Å². The normalized spacial score (nSPS) is 21.1. The highest BCUT2D eigenvalue weighted by Gasteiger charge is 2.51. The van der Waals surface area contributed by atoms with E-state index in [9.17, 15) is 9.13 Å². The Balaban J connectivity index is 2.92. The van der Waals surface area contributed by atoms with Crippen LogP contribution in [0.25, 0.3) is 0 Å². The molecule has 16 heavy (non-hydrogen) atoms. The molecule has 1 aliphatic rings. The summed E-state index contributed by atoms with van der Waals surface area (Å²) in [6.07, 6.45) is 3.37. The quantitative estimate of drug-likeness (QED) is 0.425. The molecule has 9 heteroatoms. The number of likely N-dealkylation sites (tertiary alicyclic amines) is 1.